The Morgan fingerprint density at radius 3 is 3.00 bits per heavy atom. The van der Waals surface area contributed by atoms with Crippen molar-refractivity contribution in [3.05, 3.63) is 35.7 Å². The van der Waals surface area contributed by atoms with Gasteiger partial charge in [-0.25, -0.2) is 4.98 Å². The molecule has 0 bridgehead atoms. The number of nitrogens with zero attached hydrogens (tertiary/aromatic N) is 2. The molecule has 4 heteroatoms. The molecule has 0 saturated heterocycles. The number of imidazole rings is 1. The zero-order valence-electron chi connectivity index (χ0n) is 10.3. The lowest BCUT2D eigenvalue weighted by atomic mass is 9.76. The van der Waals surface area contributed by atoms with Gasteiger partial charge < -0.3 is 5.73 Å². The van der Waals surface area contributed by atoms with Gasteiger partial charge in [-0.1, -0.05) is 17.4 Å². The van der Waals surface area contributed by atoms with Gasteiger partial charge in [0.05, 0.1) is 15.9 Å². The normalized spacial score (nSPS) is 23.7. The van der Waals surface area contributed by atoms with Crippen molar-refractivity contribution in [2.45, 2.75) is 31.7 Å². The molecule has 1 aliphatic carbocycles. The molecule has 0 amide bonds. The van der Waals surface area contributed by atoms with Crippen molar-refractivity contribution in [2.24, 2.45) is 5.73 Å². The molecule has 0 aliphatic heterocycles. The number of hydrogen-bond acceptors (Lipinski definition) is 3. The molecule has 4 rings (SSSR count). The number of aromatic nitrogens is 2. The van der Waals surface area contributed by atoms with Crippen LogP contribution in [-0.2, 0) is 0 Å². The Kier molecular flexibility index (Phi) is 2.08. The number of aryl methyl sites for hydroxylation is 1. The second-order valence-corrected chi connectivity index (χ2v) is 6.30. The molecule has 3 nitrogen and oxygen atoms in total. The summed E-state index contributed by atoms with van der Waals surface area (Å²) in [4.78, 5) is 5.62. The van der Waals surface area contributed by atoms with Crippen LogP contribution < -0.4 is 5.73 Å². The maximum atomic E-state index is 5.87. The van der Waals surface area contributed by atoms with Gasteiger partial charge in [-0.2, -0.15) is 0 Å². The van der Waals surface area contributed by atoms with Crippen LogP contribution >= 0.6 is 11.3 Å². The Bertz CT molecular complexity index is 734. The van der Waals surface area contributed by atoms with Gasteiger partial charge in [-0.15, -0.1) is 0 Å². The molecule has 1 saturated carbocycles. The van der Waals surface area contributed by atoms with Crippen molar-refractivity contribution < 1.29 is 0 Å². The van der Waals surface area contributed by atoms with E-state index in [4.69, 9.17) is 5.73 Å². The molecule has 1 aromatic carbocycles. The summed E-state index contributed by atoms with van der Waals surface area (Å²) in [6.07, 6.45) is 4.37. The lowest BCUT2D eigenvalue weighted by Crippen LogP contribution is -2.34. The van der Waals surface area contributed by atoms with E-state index in [0.717, 1.165) is 23.5 Å². The number of rotatable bonds is 1. The van der Waals surface area contributed by atoms with Gasteiger partial charge in [0, 0.05) is 12.2 Å². The topological polar surface area (TPSA) is 43.3 Å². The van der Waals surface area contributed by atoms with Crippen LogP contribution in [0.1, 0.15) is 30.0 Å². The minimum atomic E-state index is 0.411. The van der Waals surface area contributed by atoms with Crippen LogP contribution in [-0.4, -0.2) is 15.4 Å². The standard InChI is InChI=1S/C14H15N3S/c1-8-7-17-12-3-2-9(10-4-11(15)5-10)6-13(12)18-14(17)16-8/h2-3,6-7,10-11H,4-5,15H2,1H3. The maximum absolute atomic E-state index is 5.87. The quantitative estimate of drug-likeness (QED) is 0.728. The van der Waals surface area contributed by atoms with Crippen LogP contribution in [0.2, 0.25) is 0 Å². The lowest BCUT2D eigenvalue weighted by molar-refractivity contribution is 0.352. The van der Waals surface area contributed by atoms with Gasteiger partial charge >= 0.3 is 0 Å². The zero-order valence-corrected chi connectivity index (χ0v) is 11.1. The van der Waals surface area contributed by atoms with Crippen LogP contribution in [0.25, 0.3) is 15.2 Å². The molecule has 2 heterocycles. The van der Waals surface area contributed by atoms with Crippen LogP contribution in [0, 0.1) is 6.92 Å². The second-order valence-electron chi connectivity index (χ2n) is 5.29. The molecule has 18 heavy (non-hydrogen) atoms. The molecule has 1 fully saturated rings. The van der Waals surface area contributed by atoms with Gasteiger partial charge in [0.1, 0.15) is 0 Å². The molecule has 0 unspecified atom stereocenters. The fraction of sp³-hybridized carbons (Fsp3) is 0.357. The third kappa shape index (κ3) is 1.42. The molecule has 2 N–H and O–H groups in total. The number of benzene rings is 1. The third-order valence-electron chi connectivity index (χ3n) is 3.88. The first-order valence-corrected chi connectivity index (χ1v) is 7.16. The van der Waals surface area contributed by atoms with Gasteiger partial charge in [0.25, 0.3) is 0 Å². The molecule has 92 valence electrons. The van der Waals surface area contributed by atoms with Crippen molar-refractivity contribution in [1.82, 2.24) is 9.38 Å². The summed E-state index contributed by atoms with van der Waals surface area (Å²) >= 11 is 1.77. The summed E-state index contributed by atoms with van der Waals surface area (Å²) in [5.41, 5.74) is 9.65. The Morgan fingerprint density at radius 1 is 1.39 bits per heavy atom. The van der Waals surface area contributed by atoms with Crippen molar-refractivity contribution in [3.8, 4) is 0 Å². The zero-order chi connectivity index (χ0) is 12.3. The highest BCUT2D eigenvalue weighted by atomic mass is 32.1. The average Bonchev–Trinajstić information content (AvgIpc) is 2.79. The molecule has 2 aromatic heterocycles. The van der Waals surface area contributed by atoms with E-state index >= 15 is 0 Å². The number of hydrogen-bond donors (Lipinski definition) is 1. The van der Waals surface area contributed by atoms with Crippen molar-refractivity contribution in [2.75, 3.05) is 0 Å². The van der Waals surface area contributed by atoms with Crippen molar-refractivity contribution in [1.29, 1.82) is 0 Å². The first kappa shape index (κ1) is 10.5. The Morgan fingerprint density at radius 2 is 2.22 bits per heavy atom. The minimum Gasteiger partial charge on any atom is -0.328 e. The van der Waals surface area contributed by atoms with E-state index in [1.807, 2.05) is 6.92 Å². The van der Waals surface area contributed by atoms with Crippen molar-refractivity contribution in [3.63, 3.8) is 0 Å². The predicted molar refractivity (Wildman–Crippen MR) is 75.3 cm³/mol. The summed E-state index contributed by atoms with van der Waals surface area (Å²) in [6, 6.07) is 7.20. The molecule has 1 aliphatic rings. The van der Waals surface area contributed by atoms with Crippen LogP contribution in [0.15, 0.2) is 24.4 Å². The number of fused-ring (bicyclic) bond motifs is 3. The monoisotopic (exact) mass is 257 g/mol. The Balaban J connectivity index is 1.85. The van der Waals surface area contributed by atoms with Crippen molar-refractivity contribution >= 4 is 26.5 Å². The van der Waals surface area contributed by atoms with Gasteiger partial charge in [0.15, 0.2) is 4.96 Å². The molecule has 3 aromatic rings. The van der Waals surface area contributed by atoms with E-state index in [1.165, 1.54) is 15.8 Å². The fourth-order valence-electron chi connectivity index (χ4n) is 2.82. The minimum absolute atomic E-state index is 0.411. The van der Waals surface area contributed by atoms with Crippen LogP contribution in [0.4, 0.5) is 0 Å². The number of nitrogens with two attached hydrogens (primary N) is 1. The maximum Gasteiger partial charge on any atom is 0.194 e. The van der Waals surface area contributed by atoms with E-state index in [2.05, 4.69) is 33.8 Å². The predicted octanol–water partition coefficient (Wildman–Crippen LogP) is 3.06. The smallest absolute Gasteiger partial charge is 0.194 e. The average molecular weight is 257 g/mol. The summed E-state index contributed by atoms with van der Waals surface area (Å²) < 4.78 is 3.52. The highest BCUT2D eigenvalue weighted by Crippen LogP contribution is 2.38. The van der Waals surface area contributed by atoms with Gasteiger partial charge in [-0.3, -0.25) is 4.40 Å². The largest absolute Gasteiger partial charge is 0.328 e. The van der Waals surface area contributed by atoms with Gasteiger partial charge in [-0.05, 0) is 43.4 Å². The Hall–Kier alpha value is -1.39. The highest BCUT2D eigenvalue weighted by molar-refractivity contribution is 7.23. The third-order valence-corrected chi connectivity index (χ3v) is 4.90. The molecular formula is C14H15N3S. The molecule has 0 spiro atoms. The molecule has 0 atom stereocenters. The second kappa shape index (κ2) is 3.56. The first-order chi connectivity index (χ1) is 8.70. The summed E-state index contributed by atoms with van der Waals surface area (Å²) in [7, 11) is 0. The summed E-state index contributed by atoms with van der Waals surface area (Å²) in [5, 5.41) is 0. The molecule has 0 radical (unpaired) electrons. The summed E-state index contributed by atoms with van der Waals surface area (Å²) in [5.74, 6) is 0.667. The highest BCUT2D eigenvalue weighted by Gasteiger charge is 2.27. The fourth-order valence-corrected chi connectivity index (χ4v) is 3.92. The van der Waals surface area contributed by atoms with E-state index in [-0.39, 0.29) is 0 Å². The first-order valence-electron chi connectivity index (χ1n) is 6.34. The van der Waals surface area contributed by atoms with E-state index < -0.39 is 0 Å². The van der Waals surface area contributed by atoms with Crippen LogP contribution in [0.3, 0.4) is 0 Å². The van der Waals surface area contributed by atoms with E-state index in [9.17, 15) is 0 Å². The number of thiazole rings is 1. The summed E-state index contributed by atoms with van der Waals surface area (Å²) in [6.45, 7) is 2.04. The Labute approximate surface area is 109 Å². The van der Waals surface area contributed by atoms with Crippen LogP contribution in [0.5, 0.6) is 0 Å². The van der Waals surface area contributed by atoms with Gasteiger partial charge in [0.2, 0.25) is 0 Å². The SMILES string of the molecule is Cc1cn2c(n1)sc1cc(C3CC(N)C3)ccc12. The van der Waals surface area contributed by atoms with E-state index in [1.54, 1.807) is 11.3 Å². The molecular weight excluding hydrogens is 242 g/mol. The lowest BCUT2D eigenvalue weighted by Gasteiger charge is -2.32. The van der Waals surface area contributed by atoms with E-state index in [0.29, 0.717) is 12.0 Å².